The Kier molecular flexibility index (Phi) is 5.35. The predicted molar refractivity (Wildman–Crippen MR) is 79.1 cm³/mol. The summed E-state index contributed by atoms with van der Waals surface area (Å²) in [6.45, 7) is 7.19. The van der Waals surface area contributed by atoms with Gasteiger partial charge in [-0.05, 0) is 33.4 Å². The third kappa shape index (κ3) is 3.69. The van der Waals surface area contributed by atoms with Crippen LogP contribution in [0.2, 0.25) is 0 Å². The fourth-order valence-electron chi connectivity index (χ4n) is 2.16. The number of aliphatic imine (C=N–C) groups is 2. The third-order valence-electron chi connectivity index (χ3n) is 3.41. The van der Waals surface area contributed by atoms with Gasteiger partial charge in [0.1, 0.15) is 11.6 Å². The van der Waals surface area contributed by atoms with Crippen LogP contribution in [-0.4, -0.2) is 63.1 Å². The molecule has 0 aromatic heterocycles. The zero-order valence-electron chi connectivity index (χ0n) is 13.2. The van der Waals surface area contributed by atoms with Crippen molar-refractivity contribution >= 4 is 11.8 Å². The number of hydrogen-bond donors (Lipinski definition) is 0. The lowest BCUT2D eigenvalue weighted by molar-refractivity contribution is 0.288. The maximum Gasteiger partial charge on any atom is 0.212 e. The van der Waals surface area contributed by atoms with Gasteiger partial charge in [-0.15, -0.1) is 0 Å². The Morgan fingerprint density at radius 2 is 1.89 bits per heavy atom. The van der Waals surface area contributed by atoms with Gasteiger partial charge in [-0.3, -0.25) is 0 Å². The van der Waals surface area contributed by atoms with Crippen molar-refractivity contribution in [2.45, 2.75) is 38.8 Å². The van der Waals surface area contributed by atoms with E-state index in [1.807, 2.05) is 14.1 Å². The molecule has 1 aliphatic rings. The van der Waals surface area contributed by atoms with Crippen LogP contribution < -0.4 is 0 Å². The maximum absolute atomic E-state index is 5.48. The second kappa shape index (κ2) is 6.37. The highest BCUT2D eigenvalue weighted by Crippen LogP contribution is 2.27. The minimum absolute atomic E-state index is 0.0487. The standard InChI is InChI=1S/C14H27N3O2/c1-10(2)11-12(18-6)16-14(3,8-9-17(4)5)13(15-11)19-7/h10-11H,8-9H2,1-7H3. The average molecular weight is 269 g/mol. The van der Waals surface area contributed by atoms with Crippen molar-refractivity contribution in [3.63, 3.8) is 0 Å². The van der Waals surface area contributed by atoms with Gasteiger partial charge in [0.2, 0.25) is 11.8 Å². The number of rotatable bonds is 4. The van der Waals surface area contributed by atoms with Gasteiger partial charge in [0.25, 0.3) is 0 Å². The van der Waals surface area contributed by atoms with Crippen molar-refractivity contribution in [3.05, 3.63) is 0 Å². The Balaban J connectivity index is 3.03. The van der Waals surface area contributed by atoms with Crippen LogP contribution in [0.3, 0.4) is 0 Å². The van der Waals surface area contributed by atoms with Crippen LogP contribution >= 0.6 is 0 Å². The van der Waals surface area contributed by atoms with Crippen LogP contribution in [0.4, 0.5) is 0 Å². The summed E-state index contributed by atoms with van der Waals surface area (Å²) in [5.41, 5.74) is -0.435. The molecule has 0 N–H and O–H groups in total. The van der Waals surface area contributed by atoms with Gasteiger partial charge in [0.05, 0.1) is 14.2 Å². The molecular formula is C14H27N3O2. The zero-order chi connectivity index (χ0) is 14.6. The molecule has 0 amide bonds. The van der Waals surface area contributed by atoms with Crippen molar-refractivity contribution < 1.29 is 9.47 Å². The van der Waals surface area contributed by atoms with E-state index in [1.165, 1.54) is 0 Å². The average Bonchev–Trinajstić information content (AvgIpc) is 2.35. The fraction of sp³-hybridized carbons (Fsp3) is 0.857. The van der Waals surface area contributed by atoms with Gasteiger partial charge in [-0.2, -0.15) is 0 Å². The number of ether oxygens (including phenoxy) is 2. The summed E-state index contributed by atoms with van der Waals surface area (Å²) < 4.78 is 10.9. The van der Waals surface area contributed by atoms with Gasteiger partial charge in [-0.25, -0.2) is 9.98 Å². The van der Waals surface area contributed by atoms with Gasteiger partial charge in [0.15, 0.2) is 0 Å². The summed E-state index contributed by atoms with van der Waals surface area (Å²) in [4.78, 5) is 11.6. The van der Waals surface area contributed by atoms with E-state index in [0.717, 1.165) is 13.0 Å². The minimum atomic E-state index is -0.435. The lowest BCUT2D eigenvalue weighted by Crippen LogP contribution is -2.46. The van der Waals surface area contributed by atoms with Gasteiger partial charge >= 0.3 is 0 Å². The van der Waals surface area contributed by atoms with Gasteiger partial charge in [0, 0.05) is 6.54 Å². The van der Waals surface area contributed by atoms with E-state index >= 15 is 0 Å². The number of hydrogen-bond acceptors (Lipinski definition) is 5. The van der Waals surface area contributed by atoms with Crippen molar-refractivity contribution in [3.8, 4) is 0 Å². The Morgan fingerprint density at radius 1 is 1.26 bits per heavy atom. The fourth-order valence-corrected chi connectivity index (χ4v) is 2.16. The van der Waals surface area contributed by atoms with Gasteiger partial charge < -0.3 is 14.4 Å². The van der Waals surface area contributed by atoms with E-state index in [1.54, 1.807) is 14.2 Å². The molecule has 0 fully saturated rings. The van der Waals surface area contributed by atoms with E-state index in [9.17, 15) is 0 Å². The van der Waals surface area contributed by atoms with Crippen molar-refractivity contribution in [1.29, 1.82) is 0 Å². The Labute approximate surface area is 116 Å². The number of nitrogens with zero attached hydrogens (tertiary/aromatic N) is 3. The van der Waals surface area contributed by atoms with Crippen molar-refractivity contribution in [1.82, 2.24) is 4.90 Å². The van der Waals surface area contributed by atoms with Crippen LogP contribution in [0.25, 0.3) is 0 Å². The van der Waals surface area contributed by atoms with Crippen LogP contribution in [-0.2, 0) is 9.47 Å². The molecule has 0 saturated heterocycles. The summed E-state index contributed by atoms with van der Waals surface area (Å²) in [7, 11) is 7.42. The van der Waals surface area contributed by atoms with E-state index in [4.69, 9.17) is 19.5 Å². The zero-order valence-corrected chi connectivity index (χ0v) is 13.2. The first-order chi connectivity index (χ1) is 8.84. The lowest BCUT2D eigenvalue weighted by atomic mass is 9.93. The summed E-state index contributed by atoms with van der Waals surface area (Å²) in [5, 5.41) is 0. The monoisotopic (exact) mass is 269 g/mol. The molecule has 0 bridgehead atoms. The summed E-state index contributed by atoms with van der Waals surface area (Å²) in [5.74, 6) is 1.74. The molecule has 0 saturated carbocycles. The smallest absolute Gasteiger partial charge is 0.212 e. The summed E-state index contributed by atoms with van der Waals surface area (Å²) in [6.07, 6.45) is 0.852. The molecule has 1 heterocycles. The molecule has 0 aromatic rings. The van der Waals surface area contributed by atoms with E-state index in [0.29, 0.717) is 17.7 Å². The van der Waals surface area contributed by atoms with E-state index in [-0.39, 0.29) is 6.04 Å². The molecule has 5 nitrogen and oxygen atoms in total. The topological polar surface area (TPSA) is 46.4 Å². The first-order valence-electron chi connectivity index (χ1n) is 6.74. The number of methoxy groups -OCH3 is 2. The highest BCUT2D eigenvalue weighted by atomic mass is 16.5. The molecule has 0 spiro atoms. The predicted octanol–water partition coefficient (Wildman–Crippen LogP) is 1.82. The second-order valence-corrected chi connectivity index (χ2v) is 5.81. The maximum atomic E-state index is 5.48. The first-order valence-corrected chi connectivity index (χ1v) is 6.74. The van der Waals surface area contributed by atoms with Crippen LogP contribution in [0.15, 0.2) is 9.98 Å². The molecule has 1 aliphatic heterocycles. The highest BCUT2D eigenvalue weighted by molar-refractivity contribution is 5.96. The lowest BCUT2D eigenvalue weighted by Gasteiger charge is -2.34. The summed E-state index contributed by atoms with van der Waals surface area (Å²) in [6, 6.07) is -0.0487. The molecule has 2 unspecified atom stereocenters. The molecular weight excluding hydrogens is 242 g/mol. The van der Waals surface area contributed by atoms with Crippen molar-refractivity contribution in [2.75, 3.05) is 34.9 Å². The second-order valence-electron chi connectivity index (χ2n) is 5.81. The highest BCUT2D eigenvalue weighted by Gasteiger charge is 2.39. The van der Waals surface area contributed by atoms with Gasteiger partial charge in [-0.1, -0.05) is 13.8 Å². The molecule has 5 heteroatoms. The largest absolute Gasteiger partial charge is 0.483 e. The molecule has 19 heavy (non-hydrogen) atoms. The van der Waals surface area contributed by atoms with Crippen LogP contribution in [0.5, 0.6) is 0 Å². The molecule has 1 rings (SSSR count). The SMILES string of the molecule is COC1=NC(C)(CCN(C)C)C(OC)=NC1C(C)C. The molecule has 0 radical (unpaired) electrons. The van der Waals surface area contributed by atoms with Crippen LogP contribution in [0.1, 0.15) is 27.2 Å². The van der Waals surface area contributed by atoms with Crippen molar-refractivity contribution in [2.24, 2.45) is 15.9 Å². The summed E-state index contributed by atoms with van der Waals surface area (Å²) >= 11 is 0. The van der Waals surface area contributed by atoms with Crippen LogP contribution in [0, 0.1) is 5.92 Å². The van der Waals surface area contributed by atoms with E-state index < -0.39 is 5.54 Å². The first kappa shape index (κ1) is 16.0. The third-order valence-corrected chi connectivity index (χ3v) is 3.41. The Bertz CT molecular complexity index is 364. The molecule has 0 aromatic carbocycles. The molecule has 110 valence electrons. The quantitative estimate of drug-likeness (QED) is 0.782. The Hall–Kier alpha value is -1.10. The normalized spacial score (nSPS) is 27.3. The van der Waals surface area contributed by atoms with E-state index in [2.05, 4.69) is 25.7 Å². The Morgan fingerprint density at radius 3 is 2.32 bits per heavy atom. The minimum Gasteiger partial charge on any atom is -0.483 e. The molecule has 0 aliphatic carbocycles. The molecule has 2 atom stereocenters.